The molecule has 0 saturated carbocycles. The van der Waals surface area contributed by atoms with Gasteiger partial charge in [0.25, 0.3) is 0 Å². The van der Waals surface area contributed by atoms with Crippen molar-refractivity contribution in [3.63, 3.8) is 0 Å². The number of anilines is 1. The summed E-state index contributed by atoms with van der Waals surface area (Å²) in [5.74, 6) is -4.95. The molecule has 0 radical (unpaired) electrons. The summed E-state index contributed by atoms with van der Waals surface area (Å²) in [6.07, 6.45) is 0.174. The van der Waals surface area contributed by atoms with Gasteiger partial charge in [0.2, 0.25) is 5.91 Å². The van der Waals surface area contributed by atoms with E-state index in [1.165, 1.54) is 6.07 Å². The fourth-order valence-electron chi connectivity index (χ4n) is 1.82. The van der Waals surface area contributed by atoms with Crippen LogP contribution < -0.4 is 4.90 Å². The van der Waals surface area contributed by atoms with Gasteiger partial charge in [0.15, 0.2) is 11.6 Å². The fourth-order valence-corrected chi connectivity index (χ4v) is 1.82. The van der Waals surface area contributed by atoms with Gasteiger partial charge >= 0.3 is 5.97 Å². The second kappa shape index (κ2) is 4.12. The maximum Gasteiger partial charge on any atom is 0.316 e. The zero-order valence-electron chi connectivity index (χ0n) is 8.69. The van der Waals surface area contributed by atoms with Gasteiger partial charge in [0.05, 0.1) is 0 Å². The van der Waals surface area contributed by atoms with Gasteiger partial charge in [-0.3, -0.25) is 9.59 Å². The van der Waals surface area contributed by atoms with E-state index in [1.54, 1.807) is 0 Å². The molecule has 1 saturated heterocycles. The molecule has 1 aliphatic rings. The lowest BCUT2D eigenvalue weighted by Gasteiger charge is -2.16. The van der Waals surface area contributed by atoms with Crippen LogP contribution in [0.15, 0.2) is 18.2 Å². The van der Waals surface area contributed by atoms with E-state index in [0.717, 1.165) is 17.0 Å². The van der Waals surface area contributed by atoms with E-state index in [9.17, 15) is 18.4 Å². The third-order valence-electron chi connectivity index (χ3n) is 2.72. The molecule has 1 N–H and O–H groups in total. The first-order valence-electron chi connectivity index (χ1n) is 5.00. The Balaban J connectivity index is 2.27. The highest BCUT2D eigenvalue weighted by Crippen LogP contribution is 2.26. The molecule has 1 aromatic rings. The van der Waals surface area contributed by atoms with Crippen molar-refractivity contribution in [2.24, 2.45) is 5.92 Å². The average molecular weight is 241 g/mol. The Morgan fingerprint density at radius 1 is 1.35 bits per heavy atom. The van der Waals surface area contributed by atoms with E-state index >= 15 is 0 Å². The Bertz CT molecular complexity index is 490. The zero-order chi connectivity index (χ0) is 12.6. The van der Waals surface area contributed by atoms with E-state index in [0.29, 0.717) is 0 Å². The van der Waals surface area contributed by atoms with Crippen molar-refractivity contribution in [1.29, 1.82) is 0 Å². The second-order valence-electron chi connectivity index (χ2n) is 3.77. The zero-order valence-corrected chi connectivity index (χ0v) is 8.69. The van der Waals surface area contributed by atoms with Crippen molar-refractivity contribution in [1.82, 2.24) is 0 Å². The van der Waals surface area contributed by atoms with Crippen LogP contribution >= 0.6 is 0 Å². The van der Waals surface area contributed by atoms with Crippen LogP contribution in [0.5, 0.6) is 0 Å². The number of carbonyl (C=O) groups excluding carboxylic acids is 1. The Morgan fingerprint density at radius 3 is 2.59 bits per heavy atom. The fraction of sp³-hybridized carbons (Fsp3) is 0.273. The predicted octanol–water partition coefficient (Wildman–Crippen LogP) is 1.40. The normalized spacial score (nSPS) is 19.8. The van der Waals surface area contributed by atoms with Crippen LogP contribution in [0.2, 0.25) is 0 Å². The van der Waals surface area contributed by atoms with Gasteiger partial charge < -0.3 is 10.0 Å². The number of carbonyl (C=O) groups is 2. The van der Waals surface area contributed by atoms with Gasteiger partial charge in [-0.2, -0.15) is 0 Å². The summed E-state index contributed by atoms with van der Waals surface area (Å²) in [5.41, 5.74) is 0.178. The summed E-state index contributed by atoms with van der Waals surface area (Å²) in [7, 11) is 0. The van der Waals surface area contributed by atoms with Crippen molar-refractivity contribution < 1.29 is 23.5 Å². The quantitative estimate of drug-likeness (QED) is 0.796. The van der Waals surface area contributed by atoms with Crippen LogP contribution in [0.3, 0.4) is 0 Å². The maximum absolute atomic E-state index is 13.0. The minimum absolute atomic E-state index is 0.174. The number of carboxylic acids is 1. The smallest absolute Gasteiger partial charge is 0.316 e. The standard InChI is InChI=1S/C11H9F2NO3/c12-8-2-1-6(5-9(8)13)14-4-3-7(10(14)15)11(16)17/h1-2,5,7H,3-4H2,(H,16,17). The molecule has 2 rings (SSSR count). The molecule has 1 aliphatic heterocycles. The van der Waals surface area contributed by atoms with Gasteiger partial charge in [-0.1, -0.05) is 0 Å². The summed E-state index contributed by atoms with van der Waals surface area (Å²) in [6.45, 7) is 0.195. The minimum atomic E-state index is -1.19. The van der Waals surface area contributed by atoms with Gasteiger partial charge in [0.1, 0.15) is 5.92 Å². The van der Waals surface area contributed by atoms with Crippen LogP contribution in [0, 0.1) is 17.6 Å². The summed E-state index contributed by atoms with van der Waals surface area (Å²) in [4.78, 5) is 23.6. The van der Waals surface area contributed by atoms with Crippen LogP contribution in [-0.2, 0) is 9.59 Å². The van der Waals surface area contributed by atoms with Gasteiger partial charge in [-0.15, -0.1) is 0 Å². The molecule has 1 aromatic carbocycles. The van der Waals surface area contributed by atoms with Crippen molar-refractivity contribution in [3.05, 3.63) is 29.8 Å². The van der Waals surface area contributed by atoms with Crippen molar-refractivity contribution >= 4 is 17.6 Å². The van der Waals surface area contributed by atoms with Crippen LogP contribution in [0.1, 0.15) is 6.42 Å². The number of halogens is 2. The molecule has 90 valence electrons. The molecule has 6 heteroatoms. The molecule has 0 aromatic heterocycles. The predicted molar refractivity (Wildman–Crippen MR) is 54.5 cm³/mol. The number of rotatable bonds is 2. The second-order valence-corrected chi connectivity index (χ2v) is 3.77. The SMILES string of the molecule is O=C(O)C1CCN(c2ccc(F)c(F)c2)C1=O. The lowest BCUT2D eigenvalue weighted by Crippen LogP contribution is -2.30. The largest absolute Gasteiger partial charge is 0.481 e. The Hall–Kier alpha value is -1.98. The summed E-state index contributed by atoms with van der Waals surface area (Å²) >= 11 is 0. The maximum atomic E-state index is 13.0. The topological polar surface area (TPSA) is 57.6 Å². The number of hydrogen-bond donors (Lipinski definition) is 1. The molecule has 17 heavy (non-hydrogen) atoms. The molecule has 4 nitrogen and oxygen atoms in total. The number of aliphatic carboxylic acids is 1. The van der Waals surface area contributed by atoms with E-state index in [4.69, 9.17) is 5.11 Å². The molecule has 1 amide bonds. The molecule has 1 heterocycles. The number of amides is 1. The van der Waals surface area contributed by atoms with E-state index in [-0.39, 0.29) is 18.7 Å². The Morgan fingerprint density at radius 2 is 2.06 bits per heavy atom. The van der Waals surface area contributed by atoms with Crippen molar-refractivity contribution in [3.8, 4) is 0 Å². The van der Waals surface area contributed by atoms with E-state index in [1.807, 2.05) is 0 Å². The van der Waals surface area contributed by atoms with Gasteiger partial charge in [-0.05, 0) is 18.6 Å². The van der Waals surface area contributed by atoms with E-state index in [2.05, 4.69) is 0 Å². The molecule has 1 fully saturated rings. The van der Waals surface area contributed by atoms with Crippen molar-refractivity contribution in [2.45, 2.75) is 6.42 Å². The third-order valence-corrected chi connectivity index (χ3v) is 2.72. The van der Waals surface area contributed by atoms with Crippen molar-refractivity contribution in [2.75, 3.05) is 11.4 Å². The first-order chi connectivity index (χ1) is 8.00. The summed E-state index contributed by atoms with van der Waals surface area (Å²) in [6, 6.07) is 3.05. The number of carboxylic acid groups (broad SMARTS) is 1. The molecular formula is C11H9F2NO3. The third kappa shape index (κ3) is 1.98. The molecule has 0 spiro atoms. The molecule has 1 atom stereocenters. The summed E-state index contributed by atoms with van der Waals surface area (Å²) < 4.78 is 25.7. The average Bonchev–Trinajstić information content (AvgIpc) is 2.64. The summed E-state index contributed by atoms with van der Waals surface area (Å²) in [5, 5.41) is 8.77. The van der Waals surface area contributed by atoms with Crippen LogP contribution in [0.25, 0.3) is 0 Å². The lowest BCUT2D eigenvalue weighted by molar-refractivity contribution is -0.144. The van der Waals surface area contributed by atoms with Gasteiger partial charge in [-0.25, -0.2) is 8.78 Å². The first-order valence-corrected chi connectivity index (χ1v) is 5.00. The number of benzene rings is 1. The first kappa shape index (κ1) is 11.5. The van der Waals surface area contributed by atoms with Crippen LogP contribution in [-0.4, -0.2) is 23.5 Å². The Kier molecular flexibility index (Phi) is 2.79. The van der Waals surface area contributed by atoms with Gasteiger partial charge in [0, 0.05) is 18.3 Å². The molecule has 1 unspecified atom stereocenters. The van der Waals surface area contributed by atoms with E-state index < -0.39 is 29.4 Å². The highest BCUT2D eigenvalue weighted by atomic mass is 19.2. The lowest BCUT2D eigenvalue weighted by atomic mass is 10.1. The van der Waals surface area contributed by atoms with Crippen LogP contribution in [0.4, 0.5) is 14.5 Å². The number of hydrogen-bond acceptors (Lipinski definition) is 2. The highest BCUT2D eigenvalue weighted by molar-refractivity contribution is 6.07. The Labute approximate surface area is 95.5 Å². The highest BCUT2D eigenvalue weighted by Gasteiger charge is 2.37. The minimum Gasteiger partial charge on any atom is -0.481 e. The molecular weight excluding hydrogens is 232 g/mol. The molecule has 0 aliphatic carbocycles. The number of nitrogens with zero attached hydrogens (tertiary/aromatic N) is 1. The monoisotopic (exact) mass is 241 g/mol. The molecule has 0 bridgehead atoms.